The Morgan fingerprint density at radius 1 is 1.36 bits per heavy atom. The first kappa shape index (κ1) is 8.23. The van der Waals surface area contributed by atoms with Gasteiger partial charge in [-0.15, -0.1) is 22.0 Å². The number of fused-ring (bicyclic) bond motifs is 1. The van der Waals surface area contributed by atoms with Crippen molar-refractivity contribution in [1.82, 2.24) is 19.8 Å². The predicted molar refractivity (Wildman–Crippen MR) is 54.4 cm³/mol. The lowest BCUT2D eigenvalue weighted by molar-refractivity contribution is 0.818. The molecule has 0 bridgehead atoms. The van der Waals surface area contributed by atoms with Gasteiger partial charge in [0, 0.05) is 5.25 Å². The molecule has 0 N–H and O–H groups in total. The first-order chi connectivity index (χ1) is 6.83. The third-order valence-electron chi connectivity index (χ3n) is 2.21. The van der Waals surface area contributed by atoms with Crippen LogP contribution in [-0.2, 0) is 0 Å². The van der Waals surface area contributed by atoms with Crippen LogP contribution in [0.25, 0.3) is 5.65 Å². The summed E-state index contributed by atoms with van der Waals surface area (Å²) >= 11 is 1.85. The molecule has 72 valence electrons. The van der Waals surface area contributed by atoms with Crippen molar-refractivity contribution < 1.29 is 0 Å². The van der Waals surface area contributed by atoms with E-state index in [0.29, 0.717) is 0 Å². The van der Waals surface area contributed by atoms with Crippen LogP contribution in [0.15, 0.2) is 17.2 Å². The Kier molecular flexibility index (Phi) is 1.73. The molecule has 1 aliphatic carbocycles. The normalized spacial score (nSPS) is 16.4. The Labute approximate surface area is 85.7 Å². The van der Waals surface area contributed by atoms with E-state index < -0.39 is 0 Å². The smallest absolute Gasteiger partial charge is 0.177 e. The van der Waals surface area contributed by atoms with E-state index in [0.717, 1.165) is 21.7 Å². The summed E-state index contributed by atoms with van der Waals surface area (Å²) in [6.07, 6.45) is 2.65. The standard InChI is InChI=1S/C9H10N4S/c1-6-10-11-8-4-5-9(12-13(6)8)14-7-2-3-7/h4-5,7H,2-3H2,1H3. The Bertz CT molecular complexity index is 475. The molecule has 1 saturated carbocycles. The molecule has 1 fully saturated rings. The Morgan fingerprint density at radius 2 is 2.21 bits per heavy atom. The number of thioether (sulfide) groups is 1. The number of rotatable bonds is 2. The Morgan fingerprint density at radius 3 is 3.00 bits per heavy atom. The molecule has 0 unspecified atom stereocenters. The summed E-state index contributed by atoms with van der Waals surface area (Å²) in [6, 6.07) is 3.99. The summed E-state index contributed by atoms with van der Waals surface area (Å²) < 4.78 is 1.80. The van der Waals surface area contributed by atoms with Crippen molar-refractivity contribution in [3.8, 4) is 0 Å². The van der Waals surface area contributed by atoms with Crippen LogP contribution < -0.4 is 0 Å². The van der Waals surface area contributed by atoms with Crippen molar-refractivity contribution in [3.05, 3.63) is 18.0 Å². The molecule has 0 amide bonds. The first-order valence-corrected chi connectivity index (χ1v) is 5.56. The van der Waals surface area contributed by atoms with Gasteiger partial charge < -0.3 is 0 Å². The zero-order valence-corrected chi connectivity index (χ0v) is 8.66. The van der Waals surface area contributed by atoms with Gasteiger partial charge in [-0.05, 0) is 31.9 Å². The molecule has 0 spiro atoms. The fourth-order valence-electron chi connectivity index (χ4n) is 1.30. The molecular formula is C9H10N4S. The maximum atomic E-state index is 4.47. The average molecular weight is 206 g/mol. The van der Waals surface area contributed by atoms with Crippen molar-refractivity contribution in [3.63, 3.8) is 0 Å². The number of aromatic nitrogens is 4. The molecule has 0 radical (unpaired) electrons. The molecule has 2 aromatic heterocycles. The second kappa shape index (κ2) is 2.95. The van der Waals surface area contributed by atoms with Gasteiger partial charge in [0.2, 0.25) is 0 Å². The second-order valence-corrected chi connectivity index (χ2v) is 4.83. The van der Waals surface area contributed by atoms with Crippen molar-refractivity contribution in [2.24, 2.45) is 0 Å². The van der Waals surface area contributed by atoms with E-state index in [2.05, 4.69) is 15.3 Å². The summed E-state index contributed by atoms with van der Waals surface area (Å²) in [5.74, 6) is 0.846. The van der Waals surface area contributed by atoms with Crippen LogP contribution in [0.5, 0.6) is 0 Å². The summed E-state index contributed by atoms with van der Waals surface area (Å²) in [7, 11) is 0. The highest BCUT2D eigenvalue weighted by atomic mass is 32.2. The zero-order chi connectivity index (χ0) is 9.54. The molecule has 5 heteroatoms. The summed E-state index contributed by atoms with van der Waals surface area (Å²) in [4.78, 5) is 0. The highest BCUT2D eigenvalue weighted by Gasteiger charge is 2.23. The number of hydrogen-bond donors (Lipinski definition) is 0. The van der Waals surface area contributed by atoms with Crippen molar-refractivity contribution >= 4 is 17.4 Å². The molecule has 3 rings (SSSR count). The van der Waals surface area contributed by atoms with Gasteiger partial charge >= 0.3 is 0 Å². The highest BCUT2D eigenvalue weighted by molar-refractivity contribution is 8.00. The average Bonchev–Trinajstić information content (AvgIpc) is 2.92. The summed E-state index contributed by atoms with van der Waals surface area (Å²) in [5, 5.41) is 14.3. The summed E-state index contributed by atoms with van der Waals surface area (Å²) in [6.45, 7) is 1.92. The molecule has 14 heavy (non-hydrogen) atoms. The Hall–Kier alpha value is -1.10. The third-order valence-corrected chi connectivity index (χ3v) is 3.47. The molecular weight excluding hydrogens is 196 g/mol. The van der Waals surface area contributed by atoms with E-state index >= 15 is 0 Å². The lowest BCUT2D eigenvalue weighted by Crippen LogP contribution is -1.95. The summed E-state index contributed by atoms with van der Waals surface area (Å²) in [5.41, 5.74) is 0.822. The van der Waals surface area contributed by atoms with E-state index in [1.165, 1.54) is 12.8 Å². The predicted octanol–water partition coefficient (Wildman–Crippen LogP) is 1.69. The van der Waals surface area contributed by atoms with E-state index in [1.54, 1.807) is 4.52 Å². The minimum Gasteiger partial charge on any atom is -0.197 e. The second-order valence-electron chi connectivity index (χ2n) is 3.51. The van der Waals surface area contributed by atoms with Crippen LogP contribution in [0.2, 0.25) is 0 Å². The largest absolute Gasteiger partial charge is 0.197 e. The molecule has 0 atom stereocenters. The lowest BCUT2D eigenvalue weighted by Gasteiger charge is -1.98. The van der Waals surface area contributed by atoms with E-state index in [4.69, 9.17) is 0 Å². The molecule has 0 aliphatic heterocycles. The van der Waals surface area contributed by atoms with Crippen LogP contribution in [0.3, 0.4) is 0 Å². The lowest BCUT2D eigenvalue weighted by atomic mass is 10.5. The zero-order valence-electron chi connectivity index (χ0n) is 7.84. The minimum absolute atomic E-state index is 0.789. The molecule has 0 aromatic carbocycles. The maximum Gasteiger partial charge on any atom is 0.177 e. The highest BCUT2D eigenvalue weighted by Crippen LogP contribution is 2.38. The van der Waals surface area contributed by atoms with Crippen molar-refractivity contribution in [2.75, 3.05) is 0 Å². The molecule has 1 aliphatic rings. The van der Waals surface area contributed by atoms with Crippen LogP contribution in [0.4, 0.5) is 0 Å². The fraction of sp³-hybridized carbons (Fsp3) is 0.444. The topological polar surface area (TPSA) is 43.1 Å². The number of hydrogen-bond acceptors (Lipinski definition) is 4. The van der Waals surface area contributed by atoms with E-state index in [-0.39, 0.29) is 0 Å². The maximum absolute atomic E-state index is 4.47. The molecule has 2 aromatic rings. The van der Waals surface area contributed by atoms with Gasteiger partial charge in [-0.1, -0.05) is 0 Å². The van der Waals surface area contributed by atoms with Crippen LogP contribution in [0, 0.1) is 6.92 Å². The van der Waals surface area contributed by atoms with Gasteiger partial charge in [0.1, 0.15) is 5.03 Å². The van der Waals surface area contributed by atoms with Crippen molar-refractivity contribution in [2.45, 2.75) is 30.0 Å². The van der Waals surface area contributed by atoms with Gasteiger partial charge in [-0.3, -0.25) is 0 Å². The van der Waals surface area contributed by atoms with Gasteiger partial charge in [0.25, 0.3) is 0 Å². The van der Waals surface area contributed by atoms with E-state index in [9.17, 15) is 0 Å². The number of aryl methyl sites for hydroxylation is 1. The van der Waals surface area contributed by atoms with Gasteiger partial charge in [0.05, 0.1) is 0 Å². The minimum atomic E-state index is 0.789. The fourth-order valence-corrected chi connectivity index (χ4v) is 2.29. The Balaban J connectivity index is 2.03. The van der Waals surface area contributed by atoms with E-state index in [1.807, 2.05) is 30.8 Å². The van der Waals surface area contributed by atoms with Gasteiger partial charge in [-0.2, -0.15) is 9.61 Å². The first-order valence-electron chi connectivity index (χ1n) is 4.69. The monoisotopic (exact) mass is 206 g/mol. The molecule has 0 saturated heterocycles. The molecule has 2 heterocycles. The van der Waals surface area contributed by atoms with Crippen LogP contribution >= 0.6 is 11.8 Å². The van der Waals surface area contributed by atoms with Crippen molar-refractivity contribution in [1.29, 1.82) is 0 Å². The van der Waals surface area contributed by atoms with Gasteiger partial charge in [-0.25, -0.2) is 0 Å². The van der Waals surface area contributed by atoms with Crippen LogP contribution in [-0.4, -0.2) is 25.1 Å². The van der Waals surface area contributed by atoms with Gasteiger partial charge in [0.15, 0.2) is 11.5 Å². The molecule has 4 nitrogen and oxygen atoms in total. The third kappa shape index (κ3) is 1.37. The quantitative estimate of drug-likeness (QED) is 0.750. The SMILES string of the molecule is Cc1nnc2ccc(SC3CC3)nn12. The number of nitrogens with zero attached hydrogens (tertiary/aromatic N) is 4. The van der Waals surface area contributed by atoms with Crippen LogP contribution in [0.1, 0.15) is 18.7 Å².